The molecule has 10 heteroatoms. The monoisotopic (exact) mass is 476 g/mol. The number of nitrogens with one attached hydrogen (secondary N) is 1. The molecule has 170 valence electrons. The van der Waals surface area contributed by atoms with Gasteiger partial charge in [0.15, 0.2) is 15.0 Å². The fourth-order valence-electron chi connectivity index (χ4n) is 2.97. The summed E-state index contributed by atoms with van der Waals surface area (Å²) in [6.07, 6.45) is 0.259. The minimum atomic E-state index is -3.47. The summed E-state index contributed by atoms with van der Waals surface area (Å²) in [4.78, 5) is 16.9. The van der Waals surface area contributed by atoms with Gasteiger partial charge >= 0.3 is 0 Å². The van der Waals surface area contributed by atoms with E-state index in [2.05, 4.69) is 10.3 Å². The van der Waals surface area contributed by atoms with Gasteiger partial charge in [-0.2, -0.15) is 0 Å². The molecule has 0 fully saturated rings. The molecule has 0 atom stereocenters. The van der Waals surface area contributed by atoms with E-state index in [1.54, 1.807) is 43.9 Å². The summed E-state index contributed by atoms with van der Waals surface area (Å²) in [5.74, 6) is 1.46. The summed E-state index contributed by atoms with van der Waals surface area (Å²) < 4.78 is 40.6. The van der Waals surface area contributed by atoms with Crippen molar-refractivity contribution in [1.29, 1.82) is 0 Å². The predicted molar refractivity (Wildman–Crippen MR) is 124 cm³/mol. The first kappa shape index (κ1) is 23.6. The van der Waals surface area contributed by atoms with E-state index in [4.69, 9.17) is 14.2 Å². The van der Waals surface area contributed by atoms with Gasteiger partial charge in [0.1, 0.15) is 17.2 Å². The Morgan fingerprint density at radius 3 is 2.34 bits per heavy atom. The van der Waals surface area contributed by atoms with Crippen LogP contribution in [0, 0.1) is 0 Å². The number of thiazole rings is 1. The SMILES string of the molecule is COc1ccc(S(=O)(=O)CCCC(=O)Nc2nc(-c3cc(OC)ccc3OC)cs2)cc1. The van der Waals surface area contributed by atoms with Crippen molar-refractivity contribution < 1.29 is 27.4 Å². The topological polar surface area (TPSA) is 104 Å². The van der Waals surface area contributed by atoms with Crippen LogP contribution >= 0.6 is 11.3 Å². The second kappa shape index (κ2) is 10.5. The molecule has 8 nitrogen and oxygen atoms in total. The van der Waals surface area contributed by atoms with Gasteiger partial charge in [0.05, 0.1) is 37.7 Å². The lowest BCUT2D eigenvalue weighted by molar-refractivity contribution is -0.116. The number of nitrogens with zero attached hydrogens (tertiary/aromatic N) is 1. The molecule has 2 aromatic carbocycles. The zero-order chi connectivity index (χ0) is 23.1. The van der Waals surface area contributed by atoms with Gasteiger partial charge in [-0.1, -0.05) is 0 Å². The number of methoxy groups -OCH3 is 3. The Bertz CT molecular complexity index is 1170. The third-order valence-electron chi connectivity index (χ3n) is 4.67. The highest BCUT2D eigenvalue weighted by atomic mass is 32.2. The van der Waals surface area contributed by atoms with Gasteiger partial charge in [0.2, 0.25) is 5.91 Å². The second-order valence-electron chi connectivity index (χ2n) is 6.75. The van der Waals surface area contributed by atoms with Gasteiger partial charge in [0.25, 0.3) is 0 Å². The number of benzene rings is 2. The molecule has 1 N–H and O–H groups in total. The Morgan fingerprint density at radius 2 is 1.69 bits per heavy atom. The van der Waals surface area contributed by atoms with E-state index in [0.717, 1.165) is 5.56 Å². The molecule has 0 spiro atoms. The van der Waals surface area contributed by atoms with Crippen LogP contribution < -0.4 is 19.5 Å². The van der Waals surface area contributed by atoms with Crippen LogP contribution in [0.25, 0.3) is 11.3 Å². The summed E-state index contributed by atoms with van der Waals surface area (Å²) in [5.41, 5.74) is 1.39. The Hall–Kier alpha value is -3.11. The van der Waals surface area contributed by atoms with Crippen molar-refractivity contribution in [1.82, 2.24) is 4.98 Å². The quantitative estimate of drug-likeness (QED) is 0.471. The standard InChI is InChI=1S/C22H24N2O6S2/c1-28-15-6-9-17(10-7-15)32(26,27)12-4-5-21(25)24-22-23-19(14-31-22)18-13-16(29-2)8-11-20(18)30-3/h6-11,13-14H,4-5,12H2,1-3H3,(H,23,24,25). The van der Waals surface area contributed by atoms with E-state index in [-0.39, 0.29) is 29.4 Å². The highest BCUT2D eigenvalue weighted by Crippen LogP contribution is 2.35. The molecule has 0 radical (unpaired) electrons. The first-order valence-electron chi connectivity index (χ1n) is 9.71. The van der Waals surface area contributed by atoms with E-state index in [1.807, 2.05) is 6.07 Å². The van der Waals surface area contributed by atoms with Crippen molar-refractivity contribution in [3.63, 3.8) is 0 Å². The van der Waals surface area contributed by atoms with E-state index in [9.17, 15) is 13.2 Å². The van der Waals surface area contributed by atoms with Gasteiger partial charge in [-0.3, -0.25) is 4.79 Å². The van der Waals surface area contributed by atoms with Crippen molar-refractivity contribution in [2.24, 2.45) is 0 Å². The molecule has 1 aromatic heterocycles. The van der Waals surface area contributed by atoms with Gasteiger partial charge in [-0.15, -0.1) is 11.3 Å². The molecular formula is C22H24N2O6S2. The number of carbonyl (C=O) groups is 1. The van der Waals surface area contributed by atoms with Crippen LogP contribution in [0.5, 0.6) is 17.2 Å². The van der Waals surface area contributed by atoms with Gasteiger partial charge in [-0.25, -0.2) is 13.4 Å². The van der Waals surface area contributed by atoms with Crippen LogP contribution in [-0.2, 0) is 14.6 Å². The molecule has 3 rings (SSSR count). The van der Waals surface area contributed by atoms with E-state index in [1.165, 1.54) is 30.6 Å². The van der Waals surface area contributed by atoms with Crippen LogP contribution in [0.1, 0.15) is 12.8 Å². The number of amides is 1. The minimum Gasteiger partial charge on any atom is -0.497 e. The minimum absolute atomic E-state index is 0.0623. The summed E-state index contributed by atoms with van der Waals surface area (Å²) in [6.45, 7) is 0. The zero-order valence-corrected chi connectivity index (χ0v) is 19.6. The smallest absolute Gasteiger partial charge is 0.226 e. The Balaban J connectivity index is 1.58. The maximum atomic E-state index is 12.4. The number of hydrogen-bond acceptors (Lipinski definition) is 8. The van der Waals surface area contributed by atoms with Crippen LogP contribution in [0.3, 0.4) is 0 Å². The van der Waals surface area contributed by atoms with Crippen molar-refractivity contribution >= 4 is 32.2 Å². The average Bonchev–Trinajstić information content (AvgIpc) is 3.26. The van der Waals surface area contributed by atoms with Crippen molar-refractivity contribution in [2.45, 2.75) is 17.7 Å². The molecule has 32 heavy (non-hydrogen) atoms. The number of rotatable bonds is 10. The fourth-order valence-corrected chi connectivity index (χ4v) is 5.01. The van der Waals surface area contributed by atoms with Gasteiger partial charge in [-0.05, 0) is 48.9 Å². The van der Waals surface area contributed by atoms with Crippen LogP contribution in [-0.4, -0.2) is 46.4 Å². The van der Waals surface area contributed by atoms with Gasteiger partial charge in [0, 0.05) is 17.4 Å². The molecule has 3 aromatic rings. The average molecular weight is 477 g/mol. The lowest BCUT2D eigenvalue weighted by atomic mass is 10.1. The van der Waals surface area contributed by atoms with Crippen molar-refractivity contribution in [3.05, 3.63) is 47.8 Å². The van der Waals surface area contributed by atoms with Crippen LogP contribution in [0.4, 0.5) is 5.13 Å². The summed E-state index contributed by atoms with van der Waals surface area (Å²) >= 11 is 1.28. The maximum Gasteiger partial charge on any atom is 0.226 e. The number of sulfone groups is 1. The third-order valence-corrected chi connectivity index (χ3v) is 7.24. The summed E-state index contributed by atoms with van der Waals surface area (Å²) in [5, 5.41) is 4.95. The highest BCUT2D eigenvalue weighted by molar-refractivity contribution is 7.91. The molecular weight excluding hydrogens is 452 g/mol. The highest BCUT2D eigenvalue weighted by Gasteiger charge is 2.16. The lowest BCUT2D eigenvalue weighted by Crippen LogP contribution is -2.14. The van der Waals surface area contributed by atoms with Crippen molar-refractivity contribution in [3.8, 4) is 28.5 Å². The largest absolute Gasteiger partial charge is 0.497 e. The van der Waals surface area contributed by atoms with Crippen LogP contribution in [0.15, 0.2) is 52.7 Å². The Kier molecular flexibility index (Phi) is 7.70. The number of ether oxygens (including phenoxy) is 3. The normalized spacial score (nSPS) is 11.1. The molecule has 0 aliphatic rings. The Morgan fingerprint density at radius 1 is 1.00 bits per heavy atom. The lowest BCUT2D eigenvalue weighted by Gasteiger charge is -2.08. The molecule has 0 aliphatic carbocycles. The fraction of sp³-hybridized carbons (Fsp3) is 0.273. The first-order valence-corrected chi connectivity index (χ1v) is 12.2. The molecule has 0 saturated heterocycles. The molecule has 1 amide bonds. The summed E-state index contributed by atoms with van der Waals surface area (Å²) in [7, 11) is 1.19. The zero-order valence-electron chi connectivity index (χ0n) is 18.0. The number of aromatic nitrogens is 1. The molecule has 1 heterocycles. The van der Waals surface area contributed by atoms with E-state index < -0.39 is 9.84 Å². The number of carbonyl (C=O) groups excluding carboxylic acids is 1. The molecule has 0 bridgehead atoms. The molecule has 0 aliphatic heterocycles. The molecule has 0 unspecified atom stereocenters. The number of anilines is 1. The van der Waals surface area contributed by atoms with E-state index in [0.29, 0.717) is 28.1 Å². The van der Waals surface area contributed by atoms with E-state index >= 15 is 0 Å². The van der Waals surface area contributed by atoms with Gasteiger partial charge < -0.3 is 19.5 Å². The first-order chi connectivity index (χ1) is 15.4. The maximum absolute atomic E-state index is 12.4. The predicted octanol–water partition coefficient (Wildman–Crippen LogP) is 4.03. The second-order valence-corrected chi connectivity index (χ2v) is 9.72. The number of hydrogen-bond donors (Lipinski definition) is 1. The molecule has 0 saturated carbocycles. The Labute approximate surface area is 191 Å². The van der Waals surface area contributed by atoms with Crippen molar-refractivity contribution in [2.75, 3.05) is 32.4 Å². The summed E-state index contributed by atoms with van der Waals surface area (Å²) in [6, 6.07) is 11.6. The van der Waals surface area contributed by atoms with Crippen LogP contribution in [0.2, 0.25) is 0 Å². The third kappa shape index (κ3) is 5.77.